The largest absolute Gasteiger partial charge is 0.294 e. The summed E-state index contributed by atoms with van der Waals surface area (Å²) in [6.07, 6.45) is 3.46. The third-order valence-corrected chi connectivity index (χ3v) is 4.40. The average Bonchev–Trinajstić information content (AvgIpc) is 2.94. The van der Waals surface area contributed by atoms with Crippen molar-refractivity contribution in [3.05, 3.63) is 59.2 Å². The van der Waals surface area contributed by atoms with Gasteiger partial charge in [-0.1, -0.05) is 29.8 Å². The Morgan fingerprint density at radius 2 is 1.67 bits per heavy atom. The van der Waals surface area contributed by atoms with Crippen molar-refractivity contribution in [1.82, 2.24) is 9.97 Å². The number of carbonyl (C=O) groups is 1. The molecule has 0 N–H and O–H groups in total. The maximum absolute atomic E-state index is 11.9. The molecule has 4 heteroatoms. The number of carbonyl (C=O) groups excluding carboxylic acids is 1. The Hall–Kier alpha value is -2.33. The van der Waals surface area contributed by atoms with Crippen LogP contribution in [0.2, 0.25) is 0 Å². The van der Waals surface area contributed by atoms with Crippen molar-refractivity contribution in [2.45, 2.75) is 13.8 Å². The molecule has 3 aromatic rings. The van der Waals surface area contributed by atoms with Crippen molar-refractivity contribution in [2.24, 2.45) is 0 Å². The fourth-order valence-corrected chi connectivity index (χ4v) is 3.07. The van der Waals surface area contributed by atoms with Crippen molar-refractivity contribution in [1.29, 1.82) is 0 Å². The molecule has 0 atom stereocenters. The Labute approximate surface area is 127 Å². The monoisotopic (exact) mass is 294 g/mol. The quantitative estimate of drug-likeness (QED) is 0.673. The van der Waals surface area contributed by atoms with E-state index in [0.717, 1.165) is 21.8 Å². The summed E-state index contributed by atoms with van der Waals surface area (Å²) < 4.78 is 0. The van der Waals surface area contributed by atoms with Crippen LogP contribution >= 0.6 is 11.3 Å². The van der Waals surface area contributed by atoms with Crippen LogP contribution < -0.4 is 0 Å². The number of hydrogen-bond donors (Lipinski definition) is 0. The lowest BCUT2D eigenvalue weighted by atomic mass is 10.1. The number of ketones is 1. The van der Waals surface area contributed by atoms with Crippen molar-refractivity contribution >= 4 is 17.1 Å². The topological polar surface area (TPSA) is 42.9 Å². The highest BCUT2D eigenvalue weighted by atomic mass is 32.1. The molecule has 0 aliphatic rings. The predicted molar refractivity (Wildman–Crippen MR) is 85.5 cm³/mol. The van der Waals surface area contributed by atoms with Gasteiger partial charge >= 0.3 is 0 Å². The van der Waals surface area contributed by atoms with E-state index in [-0.39, 0.29) is 5.78 Å². The van der Waals surface area contributed by atoms with Gasteiger partial charge in [-0.25, -0.2) is 4.98 Å². The van der Waals surface area contributed by atoms with Crippen LogP contribution in [0.5, 0.6) is 0 Å². The second-order valence-corrected chi connectivity index (χ2v) is 5.85. The summed E-state index contributed by atoms with van der Waals surface area (Å²) in [5.74, 6) is 0.0448. The number of rotatable bonds is 3. The van der Waals surface area contributed by atoms with Gasteiger partial charge < -0.3 is 0 Å². The van der Waals surface area contributed by atoms with Crippen molar-refractivity contribution in [3.63, 3.8) is 0 Å². The minimum absolute atomic E-state index is 0.0448. The molecule has 0 saturated heterocycles. The van der Waals surface area contributed by atoms with Gasteiger partial charge in [-0.2, -0.15) is 0 Å². The first-order chi connectivity index (χ1) is 10.1. The Kier molecular flexibility index (Phi) is 3.62. The Bertz CT molecular complexity index is 776. The SMILES string of the molecule is CC(=O)c1sc(-c2ccncc2)nc1-c1ccc(C)cc1. The van der Waals surface area contributed by atoms with Gasteiger partial charge in [0.1, 0.15) is 5.01 Å². The smallest absolute Gasteiger partial charge is 0.172 e. The summed E-state index contributed by atoms with van der Waals surface area (Å²) in [5.41, 5.74) is 3.91. The second kappa shape index (κ2) is 5.58. The van der Waals surface area contributed by atoms with Gasteiger partial charge in [0.15, 0.2) is 5.78 Å². The first-order valence-corrected chi connectivity index (χ1v) is 7.46. The first-order valence-electron chi connectivity index (χ1n) is 6.64. The van der Waals surface area contributed by atoms with Crippen LogP contribution in [0.25, 0.3) is 21.8 Å². The van der Waals surface area contributed by atoms with E-state index in [2.05, 4.69) is 9.97 Å². The van der Waals surface area contributed by atoms with E-state index in [0.29, 0.717) is 4.88 Å². The van der Waals surface area contributed by atoms with Crippen LogP contribution in [0.4, 0.5) is 0 Å². The van der Waals surface area contributed by atoms with E-state index in [1.807, 2.05) is 43.3 Å². The minimum Gasteiger partial charge on any atom is -0.294 e. The van der Waals surface area contributed by atoms with Crippen LogP contribution in [0.15, 0.2) is 48.8 Å². The molecular weight excluding hydrogens is 280 g/mol. The number of benzene rings is 1. The minimum atomic E-state index is 0.0448. The lowest BCUT2D eigenvalue weighted by Gasteiger charge is -2.00. The maximum Gasteiger partial charge on any atom is 0.172 e. The number of Topliss-reactive ketones (excluding diaryl/α,β-unsaturated/α-hetero) is 1. The predicted octanol–water partition coefficient (Wildman–Crippen LogP) is 4.38. The molecule has 0 aliphatic carbocycles. The fourth-order valence-electron chi connectivity index (χ4n) is 2.08. The normalized spacial score (nSPS) is 10.6. The molecule has 0 radical (unpaired) electrons. The second-order valence-electron chi connectivity index (χ2n) is 4.85. The molecule has 0 amide bonds. The third-order valence-electron chi connectivity index (χ3n) is 3.20. The summed E-state index contributed by atoms with van der Waals surface area (Å²) in [6, 6.07) is 11.9. The molecule has 0 saturated carbocycles. The molecular formula is C17H14N2OS. The van der Waals surface area contributed by atoms with Crippen molar-refractivity contribution in [3.8, 4) is 21.8 Å². The standard InChI is InChI=1S/C17H14N2OS/c1-11-3-5-13(6-4-11)15-16(12(2)20)21-17(19-15)14-7-9-18-10-8-14/h3-10H,1-2H3. The van der Waals surface area contributed by atoms with Crippen LogP contribution in [-0.4, -0.2) is 15.8 Å². The summed E-state index contributed by atoms with van der Waals surface area (Å²) in [4.78, 5) is 21.3. The Morgan fingerprint density at radius 1 is 1.00 bits per heavy atom. The number of aryl methyl sites for hydroxylation is 1. The Balaban J connectivity index is 2.14. The average molecular weight is 294 g/mol. The van der Waals surface area contributed by atoms with Crippen LogP contribution in [-0.2, 0) is 0 Å². The highest BCUT2D eigenvalue weighted by molar-refractivity contribution is 7.17. The van der Waals surface area contributed by atoms with Crippen molar-refractivity contribution < 1.29 is 4.79 Å². The first kappa shape index (κ1) is 13.6. The highest BCUT2D eigenvalue weighted by Gasteiger charge is 2.17. The van der Waals surface area contributed by atoms with Gasteiger partial charge in [0.2, 0.25) is 0 Å². The zero-order valence-corrected chi connectivity index (χ0v) is 12.6. The molecule has 2 heterocycles. The molecule has 104 valence electrons. The lowest BCUT2D eigenvalue weighted by Crippen LogP contribution is -1.91. The molecule has 0 spiro atoms. The van der Waals surface area contributed by atoms with Crippen LogP contribution in [0, 0.1) is 6.92 Å². The van der Waals surface area contributed by atoms with Gasteiger partial charge in [-0.15, -0.1) is 11.3 Å². The Morgan fingerprint density at radius 3 is 2.29 bits per heavy atom. The van der Waals surface area contributed by atoms with E-state index in [4.69, 9.17) is 0 Å². The molecule has 2 aromatic heterocycles. The van der Waals surface area contributed by atoms with E-state index in [1.54, 1.807) is 19.3 Å². The zero-order valence-electron chi connectivity index (χ0n) is 11.8. The lowest BCUT2D eigenvalue weighted by molar-refractivity contribution is 0.102. The molecule has 3 nitrogen and oxygen atoms in total. The molecule has 0 aliphatic heterocycles. The molecule has 0 bridgehead atoms. The van der Waals surface area contributed by atoms with E-state index < -0.39 is 0 Å². The molecule has 1 aromatic carbocycles. The van der Waals surface area contributed by atoms with Gasteiger partial charge in [-0.3, -0.25) is 9.78 Å². The molecule has 0 unspecified atom stereocenters. The number of thiazole rings is 1. The highest BCUT2D eigenvalue weighted by Crippen LogP contribution is 2.34. The fraction of sp³-hybridized carbons (Fsp3) is 0.118. The molecule has 3 rings (SSSR count). The van der Waals surface area contributed by atoms with Crippen molar-refractivity contribution in [2.75, 3.05) is 0 Å². The molecule has 0 fully saturated rings. The number of nitrogens with zero attached hydrogens (tertiary/aromatic N) is 2. The molecule has 21 heavy (non-hydrogen) atoms. The third kappa shape index (κ3) is 2.76. The van der Waals surface area contributed by atoms with Gasteiger partial charge in [0, 0.05) is 30.4 Å². The number of pyridine rings is 1. The number of aromatic nitrogens is 2. The van der Waals surface area contributed by atoms with Gasteiger partial charge in [-0.05, 0) is 19.1 Å². The van der Waals surface area contributed by atoms with E-state index in [9.17, 15) is 4.79 Å². The van der Waals surface area contributed by atoms with E-state index in [1.165, 1.54) is 16.9 Å². The van der Waals surface area contributed by atoms with E-state index >= 15 is 0 Å². The number of hydrogen-bond acceptors (Lipinski definition) is 4. The van der Waals surface area contributed by atoms with Gasteiger partial charge in [0.25, 0.3) is 0 Å². The summed E-state index contributed by atoms with van der Waals surface area (Å²) in [5, 5.41) is 0.846. The summed E-state index contributed by atoms with van der Waals surface area (Å²) in [6.45, 7) is 3.63. The van der Waals surface area contributed by atoms with Crippen LogP contribution in [0.1, 0.15) is 22.2 Å². The van der Waals surface area contributed by atoms with Crippen LogP contribution in [0.3, 0.4) is 0 Å². The van der Waals surface area contributed by atoms with Gasteiger partial charge in [0.05, 0.1) is 10.6 Å². The summed E-state index contributed by atoms with van der Waals surface area (Å²) in [7, 11) is 0. The zero-order chi connectivity index (χ0) is 14.8. The summed E-state index contributed by atoms with van der Waals surface area (Å²) >= 11 is 1.43. The maximum atomic E-state index is 11.9.